The first kappa shape index (κ1) is 21.3. The summed E-state index contributed by atoms with van der Waals surface area (Å²) in [4.78, 5) is 29.0. The summed E-state index contributed by atoms with van der Waals surface area (Å²) in [6, 6.07) is 13.4. The van der Waals surface area contributed by atoms with Crippen molar-refractivity contribution in [3.05, 3.63) is 64.2 Å². The van der Waals surface area contributed by atoms with Gasteiger partial charge in [-0.2, -0.15) is 0 Å². The Hall–Kier alpha value is -2.37. The van der Waals surface area contributed by atoms with Crippen molar-refractivity contribution >= 4 is 29.1 Å². The van der Waals surface area contributed by atoms with Gasteiger partial charge in [0.1, 0.15) is 0 Å². The second-order valence-electron chi connectivity index (χ2n) is 7.27. The molecule has 2 aromatic carbocycles. The fourth-order valence-electron chi connectivity index (χ4n) is 3.57. The molecule has 1 aliphatic rings. The fraction of sp³-hybridized carbons (Fsp3) is 0.391. The number of carbonyl (C=O) groups is 2. The van der Waals surface area contributed by atoms with E-state index in [0.29, 0.717) is 35.8 Å². The van der Waals surface area contributed by atoms with Gasteiger partial charge in [-0.15, -0.1) is 0 Å². The maximum Gasteiger partial charge on any atom is 0.253 e. The van der Waals surface area contributed by atoms with E-state index in [-0.39, 0.29) is 11.8 Å². The summed E-state index contributed by atoms with van der Waals surface area (Å²) in [7, 11) is 0. The number of nitrogens with one attached hydrogen (secondary N) is 1. The zero-order valence-electron chi connectivity index (χ0n) is 17.1. The zero-order valence-corrected chi connectivity index (χ0v) is 17.8. The Balaban J connectivity index is 1.66. The molecule has 0 spiro atoms. The number of anilines is 1. The standard InChI is InChI=1S/C23H28ClN3O2/c1-3-26(4-2)16-18-9-7-17(8-10-18)15-25-23(29)20-12-11-19(24)14-21(20)27-13-5-6-22(27)28/h7-12,14H,3-6,13,15-16H2,1-2H3,(H,25,29). The Kier molecular flexibility index (Phi) is 7.29. The van der Waals surface area contributed by atoms with Gasteiger partial charge in [0.25, 0.3) is 5.91 Å². The van der Waals surface area contributed by atoms with Crippen molar-refractivity contribution in [3.8, 4) is 0 Å². The number of hydrogen-bond donors (Lipinski definition) is 1. The minimum absolute atomic E-state index is 0.0325. The number of amides is 2. The molecule has 6 heteroatoms. The van der Waals surface area contributed by atoms with E-state index >= 15 is 0 Å². The first-order chi connectivity index (χ1) is 14.0. The van der Waals surface area contributed by atoms with E-state index in [1.807, 2.05) is 12.1 Å². The summed E-state index contributed by atoms with van der Waals surface area (Å²) in [6.07, 6.45) is 1.31. The second kappa shape index (κ2) is 9.90. The first-order valence-electron chi connectivity index (χ1n) is 10.2. The summed E-state index contributed by atoms with van der Waals surface area (Å²) in [6.45, 7) is 8.35. The average molecular weight is 414 g/mol. The first-order valence-corrected chi connectivity index (χ1v) is 10.6. The van der Waals surface area contributed by atoms with E-state index in [1.165, 1.54) is 5.56 Å². The molecule has 0 aliphatic carbocycles. The molecule has 0 atom stereocenters. The van der Waals surface area contributed by atoms with Crippen molar-refractivity contribution in [2.45, 2.75) is 39.8 Å². The van der Waals surface area contributed by atoms with Crippen LogP contribution < -0.4 is 10.2 Å². The monoisotopic (exact) mass is 413 g/mol. The average Bonchev–Trinajstić information content (AvgIpc) is 3.16. The lowest BCUT2D eigenvalue weighted by Gasteiger charge is -2.20. The fourth-order valence-corrected chi connectivity index (χ4v) is 3.73. The van der Waals surface area contributed by atoms with E-state index in [1.54, 1.807) is 23.1 Å². The lowest BCUT2D eigenvalue weighted by atomic mass is 10.1. The SMILES string of the molecule is CCN(CC)Cc1ccc(CNC(=O)c2ccc(Cl)cc2N2CCCC2=O)cc1. The smallest absolute Gasteiger partial charge is 0.253 e. The topological polar surface area (TPSA) is 52.7 Å². The molecule has 0 aromatic heterocycles. The summed E-state index contributed by atoms with van der Waals surface area (Å²) in [5.41, 5.74) is 3.36. The Morgan fingerprint density at radius 2 is 1.79 bits per heavy atom. The van der Waals surface area contributed by atoms with Gasteiger partial charge in [0, 0.05) is 31.1 Å². The maximum absolute atomic E-state index is 12.8. The minimum Gasteiger partial charge on any atom is -0.348 e. The molecule has 5 nitrogen and oxygen atoms in total. The van der Waals surface area contributed by atoms with E-state index < -0.39 is 0 Å². The molecule has 29 heavy (non-hydrogen) atoms. The van der Waals surface area contributed by atoms with Crippen molar-refractivity contribution in [1.29, 1.82) is 0 Å². The predicted octanol–water partition coefficient (Wildman–Crippen LogP) is 4.24. The summed E-state index contributed by atoms with van der Waals surface area (Å²) in [5.74, 6) is -0.173. The lowest BCUT2D eigenvalue weighted by Crippen LogP contribution is -2.29. The highest BCUT2D eigenvalue weighted by Gasteiger charge is 2.26. The second-order valence-corrected chi connectivity index (χ2v) is 7.71. The minimum atomic E-state index is -0.205. The van der Waals surface area contributed by atoms with Crippen molar-refractivity contribution in [3.63, 3.8) is 0 Å². The summed E-state index contributed by atoms with van der Waals surface area (Å²) < 4.78 is 0. The molecule has 0 bridgehead atoms. The van der Waals surface area contributed by atoms with Gasteiger partial charge in [0.15, 0.2) is 0 Å². The molecular weight excluding hydrogens is 386 g/mol. The molecular formula is C23H28ClN3O2. The van der Waals surface area contributed by atoms with Crippen molar-refractivity contribution in [2.24, 2.45) is 0 Å². The van der Waals surface area contributed by atoms with Crippen LogP contribution in [0, 0.1) is 0 Å². The molecule has 1 aliphatic heterocycles. The molecule has 1 saturated heterocycles. The Bertz CT molecular complexity index is 863. The zero-order chi connectivity index (χ0) is 20.8. The highest BCUT2D eigenvalue weighted by molar-refractivity contribution is 6.31. The highest BCUT2D eigenvalue weighted by atomic mass is 35.5. The van der Waals surface area contributed by atoms with Crippen LogP contribution in [0.4, 0.5) is 5.69 Å². The predicted molar refractivity (Wildman–Crippen MR) is 117 cm³/mol. The van der Waals surface area contributed by atoms with E-state index in [4.69, 9.17) is 11.6 Å². The van der Waals surface area contributed by atoms with E-state index in [9.17, 15) is 9.59 Å². The highest BCUT2D eigenvalue weighted by Crippen LogP contribution is 2.28. The summed E-state index contributed by atoms with van der Waals surface area (Å²) >= 11 is 6.12. The lowest BCUT2D eigenvalue weighted by molar-refractivity contribution is -0.117. The van der Waals surface area contributed by atoms with Crippen LogP contribution >= 0.6 is 11.6 Å². The molecule has 1 fully saturated rings. The summed E-state index contributed by atoms with van der Waals surface area (Å²) in [5, 5.41) is 3.48. The quantitative estimate of drug-likeness (QED) is 0.704. The molecule has 1 heterocycles. The normalized spacial score (nSPS) is 13.9. The Morgan fingerprint density at radius 1 is 1.10 bits per heavy atom. The molecule has 0 unspecified atom stereocenters. The number of halogens is 1. The number of rotatable bonds is 8. The molecule has 0 saturated carbocycles. The third-order valence-corrected chi connectivity index (χ3v) is 5.58. The molecule has 1 N–H and O–H groups in total. The van der Waals surface area contributed by atoms with Gasteiger partial charge in [-0.25, -0.2) is 0 Å². The largest absolute Gasteiger partial charge is 0.348 e. The van der Waals surface area contributed by atoms with Crippen LogP contribution in [-0.4, -0.2) is 36.3 Å². The van der Waals surface area contributed by atoms with Gasteiger partial charge >= 0.3 is 0 Å². The van der Waals surface area contributed by atoms with E-state index in [0.717, 1.165) is 31.6 Å². The van der Waals surface area contributed by atoms with Crippen LogP contribution in [0.25, 0.3) is 0 Å². The molecule has 3 rings (SSSR count). The number of benzene rings is 2. The van der Waals surface area contributed by atoms with Crippen LogP contribution in [0.15, 0.2) is 42.5 Å². The van der Waals surface area contributed by atoms with Gasteiger partial charge in [-0.05, 0) is 48.8 Å². The van der Waals surface area contributed by atoms with Crippen LogP contribution in [-0.2, 0) is 17.9 Å². The molecule has 0 radical (unpaired) electrons. The van der Waals surface area contributed by atoms with Crippen molar-refractivity contribution < 1.29 is 9.59 Å². The third-order valence-electron chi connectivity index (χ3n) is 5.35. The molecule has 2 aromatic rings. The van der Waals surface area contributed by atoms with Crippen molar-refractivity contribution in [2.75, 3.05) is 24.5 Å². The molecule has 154 valence electrons. The maximum atomic E-state index is 12.8. The number of carbonyl (C=O) groups excluding carboxylic acids is 2. The van der Waals surface area contributed by atoms with Gasteiger partial charge in [0.2, 0.25) is 5.91 Å². The van der Waals surface area contributed by atoms with Gasteiger partial charge in [0.05, 0.1) is 11.3 Å². The van der Waals surface area contributed by atoms with Crippen LogP contribution in [0.5, 0.6) is 0 Å². The van der Waals surface area contributed by atoms with Crippen LogP contribution in [0.3, 0.4) is 0 Å². The van der Waals surface area contributed by atoms with Crippen LogP contribution in [0.1, 0.15) is 48.2 Å². The Labute approximate surface area is 177 Å². The number of hydrogen-bond acceptors (Lipinski definition) is 3. The van der Waals surface area contributed by atoms with Crippen molar-refractivity contribution in [1.82, 2.24) is 10.2 Å². The van der Waals surface area contributed by atoms with E-state index in [2.05, 4.69) is 36.2 Å². The van der Waals surface area contributed by atoms with Crippen LogP contribution in [0.2, 0.25) is 5.02 Å². The Morgan fingerprint density at radius 3 is 2.41 bits per heavy atom. The van der Waals surface area contributed by atoms with Gasteiger partial charge < -0.3 is 10.2 Å². The third kappa shape index (κ3) is 5.37. The molecule has 2 amide bonds. The van der Waals surface area contributed by atoms with Gasteiger partial charge in [-0.1, -0.05) is 49.7 Å². The van der Waals surface area contributed by atoms with Gasteiger partial charge in [-0.3, -0.25) is 14.5 Å². The number of nitrogens with zero attached hydrogens (tertiary/aromatic N) is 2.